The summed E-state index contributed by atoms with van der Waals surface area (Å²) in [6.45, 7) is 2.27. The molecule has 2 saturated heterocycles. The number of rotatable bonds is 2. The average Bonchev–Trinajstić information content (AvgIpc) is 2.99. The van der Waals surface area contributed by atoms with Gasteiger partial charge in [0, 0.05) is 32.2 Å². The fraction of sp³-hybridized carbons (Fsp3) is 0.471. The number of benzene rings is 1. The third-order valence-corrected chi connectivity index (χ3v) is 5.06. The van der Waals surface area contributed by atoms with E-state index in [4.69, 9.17) is 4.74 Å². The maximum Gasteiger partial charge on any atom is 0.324 e. The van der Waals surface area contributed by atoms with Crippen molar-refractivity contribution in [3.05, 3.63) is 42.2 Å². The predicted octanol–water partition coefficient (Wildman–Crippen LogP) is 2.20. The van der Waals surface area contributed by atoms with E-state index in [9.17, 15) is 4.79 Å². The Kier molecular flexibility index (Phi) is 3.72. The number of nitrogens with zero attached hydrogens (tertiary/aromatic N) is 4. The summed E-state index contributed by atoms with van der Waals surface area (Å²) in [5, 5.41) is 6.92. The second-order valence-corrected chi connectivity index (χ2v) is 6.59. The van der Waals surface area contributed by atoms with Crippen LogP contribution < -0.4 is 5.32 Å². The molecule has 2 amide bonds. The molecule has 0 bridgehead atoms. The maximum absolute atomic E-state index is 12.7. The van der Waals surface area contributed by atoms with Crippen LogP contribution in [0.25, 0.3) is 0 Å². The molecule has 126 valence electrons. The SMILES string of the molecule is Cn1cnc(NC(=O)N2CC3(CCOCC3)C2c2ccccc2)n1. The van der Waals surface area contributed by atoms with E-state index in [0.717, 1.165) is 32.6 Å². The Morgan fingerprint density at radius 2 is 2.04 bits per heavy atom. The van der Waals surface area contributed by atoms with Gasteiger partial charge in [0.05, 0.1) is 6.04 Å². The van der Waals surface area contributed by atoms with Gasteiger partial charge in [-0.2, -0.15) is 0 Å². The lowest BCUT2D eigenvalue weighted by molar-refractivity contribution is -0.109. The minimum atomic E-state index is -0.146. The first-order valence-corrected chi connectivity index (χ1v) is 8.24. The van der Waals surface area contributed by atoms with E-state index in [1.54, 1.807) is 18.1 Å². The molecular weight excluding hydrogens is 306 g/mol. The zero-order valence-corrected chi connectivity index (χ0v) is 13.7. The highest BCUT2D eigenvalue weighted by Gasteiger charge is 2.55. The quantitative estimate of drug-likeness (QED) is 0.918. The van der Waals surface area contributed by atoms with Gasteiger partial charge in [-0.05, 0) is 18.4 Å². The first-order valence-electron chi connectivity index (χ1n) is 8.24. The second-order valence-electron chi connectivity index (χ2n) is 6.59. The summed E-state index contributed by atoms with van der Waals surface area (Å²) < 4.78 is 7.11. The van der Waals surface area contributed by atoms with Crippen LogP contribution in [0.1, 0.15) is 24.4 Å². The number of likely N-dealkylation sites (tertiary alicyclic amines) is 1. The molecule has 0 saturated carbocycles. The van der Waals surface area contributed by atoms with Gasteiger partial charge in [-0.15, -0.1) is 5.10 Å². The van der Waals surface area contributed by atoms with Gasteiger partial charge in [0.15, 0.2) is 0 Å². The van der Waals surface area contributed by atoms with Crippen LogP contribution in [-0.2, 0) is 11.8 Å². The van der Waals surface area contributed by atoms with Crippen LogP contribution in [0.4, 0.5) is 10.7 Å². The lowest BCUT2D eigenvalue weighted by atomic mass is 9.64. The first-order chi connectivity index (χ1) is 11.7. The predicted molar refractivity (Wildman–Crippen MR) is 88.4 cm³/mol. The standard InChI is InChI=1S/C17H21N5O2/c1-21-12-18-15(20-21)19-16(23)22-11-17(7-9-24-10-8-17)14(22)13-5-3-2-4-6-13/h2-6,12,14H,7-11H2,1H3,(H,19,20,23). The Morgan fingerprint density at radius 3 is 2.71 bits per heavy atom. The highest BCUT2D eigenvalue weighted by atomic mass is 16.5. The molecule has 1 atom stereocenters. The van der Waals surface area contributed by atoms with Crippen LogP contribution in [-0.4, -0.2) is 45.5 Å². The van der Waals surface area contributed by atoms with Crippen molar-refractivity contribution in [3.8, 4) is 0 Å². The molecule has 0 aliphatic carbocycles. The van der Waals surface area contributed by atoms with Crippen LogP contribution in [0.5, 0.6) is 0 Å². The van der Waals surface area contributed by atoms with Gasteiger partial charge in [-0.3, -0.25) is 10.00 Å². The van der Waals surface area contributed by atoms with Crippen molar-refractivity contribution in [2.45, 2.75) is 18.9 Å². The fourth-order valence-electron chi connectivity index (χ4n) is 3.87. The molecule has 1 unspecified atom stereocenters. The first kappa shape index (κ1) is 15.1. The van der Waals surface area contributed by atoms with E-state index in [-0.39, 0.29) is 17.5 Å². The smallest absolute Gasteiger partial charge is 0.324 e. The van der Waals surface area contributed by atoms with Gasteiger partial charge in [-0.25, -0.2) is 9.78 Å². The van der Waals surface area contributed by atoms with Crippen molar-refractivity contribution >= 4 is 12.0 Å². The molecule has 3 heterocycles. The van der Waals surface area contributed by atoms with Crippen molar-refractivity contribution in [1.29, 1.82) is 0 Å². The van der Waals surface area contributed by atoms with Crippen molar-refractivity contribution in [2.24, 2.45) is 12.5 Å². The van der Waals surface area contributed by atoms with Gasteiger partial charge >= 0.3 is 6.03 Å². The Hall–Kier alpha value is -2.41. The molecule has 4 rings (SSSR count). The number of anilines is 1. The minimum Gasteiger partial charge on any atom is -0.381 e. The molecule has 1 spiro atoms. The third-order valence-electron chi connectivity index (χ3n) is 5.06. The summed E-state index contributed by atoms with van der Waals surface area (Å²) in [5.74, 6) is 0.335. The Labute approximate surface area is 140 Å². The van der Waals surface area contributed by atoms with E-state index in [2.05, 4.69) is 27.5 Å². The van der Waals surface area contributed by atoms with Gasteiger partial charge in [-0.1, -0.05) is 30.3 Å². The van der Waals surface area contributed by atoms with Gasteiger partial charge in [0.25, 0.3) is 0 Å². The fourth-order valence-corrected chi connectivity index (χ4v) is 3.87. The maximum atomic E-state index is 12.7. The van der Waals surface area contributed by atoms with Gasteiger partial charge < -0.3 is 9.64 Å². The molecule has 2 aliphatic rings. The van der Waals surface area contributed by atoms with Crippen molar-refractivity contribution in [2.75, 3.05) is 25.1 Å². The highest BCUT2D eigenvalue weighted by molar-refractivity contribution is 5.88. The van der Waals surface area contributed by atoms with Crippen LogP contribution in [0.3, 0.4) is 0 Å². The molecule has 2 aromatic rings. The number of urea groups is 1. The minimum absolute atomic E-state index is 0.0753. The summed E-state index contributed by atoms with van der Waals surface area (Å²) in [7, 11) is 1.77. The number of aryl methyl sites for hydroxylation is 1. The Balaban J connectivity index is 1.57. The number of carbonyl (C=O) groups is 1. The zero-order chi connectivity index (χ0) is 16.6. The van der Waals surface area contributed by atoms with Crippen LogP contribution in [0, 0.1) is 5.41 Å². The van der Waals surface area contributed by atoms with E-state index in [1.807, 2.05) is 23.1 Å². The molecular formula is C17H21N5O2. The molecule has 1 N–H and O–H groups in total. The summed E-state index contributed by atoms with van der Waals surface area (Å²) in [6, 6.07) is 10.2. The highest BCUT2D eigenvalue weighted by Crippen LogP contribution is 2.54. The van der Waals surface area contributed by atoms with Crippen LogP contribution in [0.2, 0.25) is 0 Å². The van der Waals surface area contributed by atoms with Crippen LogP contribution >= 0.6 is 0 Å². The molecule has 0 radical (unpaired) electrons. The molecule has 1 aromatic heterocycles. The number of amides is 2. The third kappa shape index (κ3) is 2.54. The number of carbonyl (C=O) groups excluding carboxylic acids is 1. The van der Waals surface area contributed by atoms with Gasteiger partial charge in [0.2, 0.25) is 5.95 Å². The van der Waals surface area contributed by atoms with Crippen molar-refractivity contribution in [3.63, 3.8) is 0 Å². The molecule has 24 heavy (non-hydrogen) atoms. The van der Waals surface area contributed by atoms with Crippen molar-refractivity contribution < 1.29 is 9.53 Å². The lowest BCUT2D eigenvalue weighted by Crippen LogP contribution is -2.63. The van der Waals surface area contributed by atoms with E-state index >= 15 is 0 Å². The monoisotopic (exact) mass is 327 g/mol. The summed E-state index contributed by atoms with van der Waals surface area (Å²) in [6.07, 6.45) is 3.54. The number of aromatic nitrogens is 3. The number of hydrogen-bond acceptors (Lipinski definition) is 4. The number of ether oxygens (including phenoxy) is 1. The zero-order valence-electron chi connectivity index (χ0n) is 13.7. The number of hydrogen-bond donors (Lipinski definition) is 1. The summed E-state index contributed by atoms with van der Waals surface area (Å²) >= 11 is 0. The van der Waals surface area contributed by atoms with Crippen molar-refractivity contribution in [1.82, 2.24) is 19.7 Å². The van der Waals surface area contributed by atoms with E-state index in [1.165, 1.54) is 5.56 Å². The molecule has 2 fully saturated rings. The largest absolute Gasteiger partial charge is 0.381 e. The summed E-state index contributed by atoms with van der Waals surface area (Å²) in [4.78, 5) is 18.7. The molecule has 7 heteroatoms. The summed E-state index contributed by atoms with van der Waals surface area (Å²) in [5.41, 5.74) is 1.30. The van der Waals surface area contributed by atoms with E-state index < -0.39 is 0 Å². The normalized spacial score (nSPS) is 22.2. The Morgan fingerprint density at radius 1 is 1.29 bits per heavy atom. The molecule has 1 aromatic carbocycles. The lowest BCUT2D eigenvalue weighted by Gasteiger charge is -2.59. The topological polar surface area (TPSA) is 72.3 Å². The van der Waals surface area contributed by atoms with E-state index in [0.29, 0.717) is 5.95 Å². The molecule has 2 aliphatic heterocycles. The number of nitrogens with one attached hydrogen (secondary N) is 1. The second kappa shape index (κ2) is 5.90. The van der Waals surface area contributed by atoms with Crippen LogP contribution in [0.15, 0.2) is 36.7 Å². The Bertz CT molecular complexity index is 724. The molecule has 7 nitrogen and oxygen atoms in total. The van der Waals surface area contributed by atoms with Gasteiger partial charge in [0.1, 0.15) is 6.33 Å². The average molecular weight is 327 g/mol.